The summed E-state index contributed by atoms with van der Waals surface area (Å²) < 4.78 is 18.8. The quantitative estimate of drug-likeness (QED) is 0.894. The van der Waals surface area contributed by atoms with Crippen molar-refractivity contribution in [2.45, 2.75) is 33.7 Å². The highest BCUT2D eigenvalue weighted by atomic mass is 19.1. The first kappa shape index (κ1) is 14.3. The molecule has 19 heavy (non-hydrogen) atoms. The van der Waals surface area contributed by atoms with Gasteiger partial charge in [0.05, 0.1) is 7.11 Å². The van der Waals surface area contributed by atoms with Crippen molar-refractivity contribution in [1.29, 1.82) is 0 Å². The lowest BCUT2D eigenvalue weighted by atomic mass is 9.96. The number of benzene rings is 1. The third-order valence-electron chi connectivity index (χ3n) is 5.31. The number of hydrogen-bond donors (Lipinski definition) is 1. The summed E-state index contributed by atoms with van der Waals surface area (Å²) >= 11 is 0. The summed E-state index contributed by atoms with van der Waals surface area (Å²) in [6, 6.07) is 5.42. The summed E-state index contributed by atoms with van der Waals surface area (Å²) in [4.78, 5) is 0. The van der Waals surface area contributed by atoms with Gasteiger partial charge in [0.15, 0.2) is 11.6 Å². The molecule has 106 valence electrons. The third kappa shape index (κ3) is 2.04. The number of rotatable bonds is 4. The maximum Gasteiger partial charge on any atom is 0.165 e. The Hall–Kier alpha value is -1.09. The molecule has 0 saturated heterocycles. The van der Waals surface area contributed by atoms with E-state index in [1.165, 1.54) is 7.11 Å². The van der Waals surface area contributed by atoms with Crippen molar-refractivity contribution in [3.63, 3.8) is 0 Å². The van der Waals surface area contributed by atoms with Crippen molar-refractivity contribution in [2.75, 3.05) is 14.2 Å². The number of ether oxygens (including phenoxy) is 1. The highest BCUT2D eigenvalue weighted by Gasteiger charge is 2.67. The first-order valence-corrected chi connectivity index (χ1v) is 6.78. The lowest BCUT2D eigenvalue weighted by molar-refractivity contribution is 0.383. The highest BCUT2D eigenvalue weighted by molar-refractivity contribution is 5.34. The molecule has 0 heterocycles. The van der Waals surface area contributed by atoms with Gasteiger partial charge in [-0.3, -0.25) is 0 Å². The van der Waals surface area contributed by atoms with Crippen molar-refractivity contribution in [2.24, 2.45) is 16.7 Å². The minimum atomic E-state index is -0.295. The van der Waals surface area contributed by atoms with E-state index in [-0.39, 0.29) is 22.7 Å². The second kappa shape index (κ2) is 4.48. The molecule has 0 aromatic heterocycles. The Morgan fingerprint density at radius 3 is 2.16 bits per heavy atom. The maximum absolute atomic E-state index is 13.9. The number of hydrogen-bond acceptors (Lipinski definition) is 2. The van der Waals surface area contributed by atoms with Crippen LogP contribution in [-0.2, 0) is 0 Å². The Morgan fingerprint density at radius 2 is 1.79 bits per heavy atom. The maximum atomic E-state index is 13.9. The normalized spacial score (nSPS) is 22.1. The SMILES string of the molecule is CNC(c1ccc(OC)c(F)c1)C1C(C)(C)C1(C)C. The Kier molecular flexibility index (Phi) is 3.38. The summed E-state index contributed by atoms with van der Waals surface area (Å²) in [6.45, 7) is 9.12. The fraction of sp³-hybridized carbons (Fsp3) is 0.625. The first-order chi connectivity index (χ1) is 8.77. The van der Waals surface area contributed by atoms with Gasteiger partial charge in [0.1, 0.15) is 0 Å². The van der Waals surface area contributed by atoms with Gasteiger partial charge in [0.25, 0.3) is 0 Å². The fourth-order valence-electron chi connectivity index (χ4n) is 3.48. The van der Waals surface area contributed by atoms with Crippen LogP contribution in [-0.4, -0.2) is 14.2 Å². The summed E-state index contributed by atoms with van der Waals surface area (Å²) in [7, 11) is 3.43. The monoisotopic (exact) mass is 265 g/mol. The van der Waals surface area contributed by atoms with E-state index in [2.05, 4.69) is 33.0 Å². The van der Waals surface area contributed by atoms with E-state index in [0.717, 1.165) is 5.56 Å². The highest BCUT2D eigenvalue weighted by Crippen LogP contribution is 2.72. The molecule has 1 fully saturated rings. The van der Waals surface area contributed by atoms with Crippen LogP contribution in [0.4, 0.5) is 4.39 Å². The Bertz CT molecular complexity index is 468. The molecular formula is C16H24FNO. The van der Waals surface area contributed by atoms with E-state index < -0.39 is 0 Å². The standard InChI is InChI=1S/C16H24FNO/c1-15(2)14(16(15,3)4)13(18-5)10-7-8-12(19-6)11(17)9-10/h7-9,13-14,18H,1-6H3. The van der Waals surface area contributed by atoms with Crippen LogP contribution >= 0.6 is 0 Å². The van der Waals surface area contributed by atoms with Crippen LogP contribution in [0.1, 0.15) is 39.3 Å². The van der Waals surface area contributed by atoms with E-state index in [0.29, 0.717) is 11.7 Å². The van der Waals surface area contributed by atoms with Crippen LogP contribution in [0.3, 0.4) is 0 Å². The molecule has 0 radical (unpaired) electrons. The van der Waals surface area contributed by atoms with Gasteiger partial charge in [0.2, 0.25) is 0 Å². The number of halogens is 1. The zero-order valence-corrected chi connectivity index (χ0v) is 12.7. The van der Waals surface area contributed by atoms with Crippen molar-refractivity contribution in [3.05, 3.63) is 29.6 Å². The molecule has 1 aliphatic carbocycles. The summed E-state index contributed by atoms with van der Waals surface area (Å²) in [5.41, 5.74) is 1.51. The van der Waals surface area contributed by atoms with Crippen molar-refractivity contribution < 1.29 is 9.13 Å². The predicted molar refractivity (Wildman–Crippen MR) is 75.8 cm³/mol. The molecule has 1 unspecified atom stereocenters. The fourth-order valence-corrected chi connectivity index (χ4v) is 3.48. The average molecular weight is 265 g/mol. The van der Waals surface area contributed by atoms with Crippen molar-refractivity contribution >= 4 is 0 Å². The molecule has 1 aliphatic rings. The number of nitrogens with one attached hydrogen (secondary N) is 1. The molecule has 0 spiro atoms. The summed E-state index contributed by atoms with van der Waals surface area (Å²) in [5, 5.41) is 3.35. The van der Waals surface area contributed by atoms with Crippen LogP contribution in [0.15, 0.2) is 18.2 Å². The van der Waals surface area contributed by atoms with Crippen molar-refractivity contribution in [1.82, 2.24) is 5.32 Å². The van der Waals surface area contributed by atoms with Gasteiger partial charge in [-0.05, 0) is 41.5 Å². The van der Waals surface area contributed by atoms with Gasteiger partial charge in [-0.25, -0.2) is 4.39 Å². The smallest absolute Gasteiger partial charge is 0.165 e. The third-order valence-corrected chi connectivity index (χ3v) is 5.31. The molecule has 0 bridgehead atoms. The Balaban J connectivity index is 2.32. The molecule has 2 rings (SSSR count). The second-order valence-corrected chi connectivity index (χ2v) is 6.58. The van der Waals surface area contributed by atoms with E-state index >= 15 is 0 Å². The van der Waals surface area contributed by atoms with Crippen LogP contribution in [0.5, 0.6) is 5.75 Å². The molecular weight excluding hydrogens is 241 g/mol. The predicted octanol–water partition coefficient (Wildman–Crippen LogP) is 3.78. The van der Waals surface area contributed by atoms with Gasteiger partial charge < -0.3 is 10.1 Å². The molecule has 1 N–H and O–H groups in total. The second-order valence-electron chi connectivity index (χ2n) is 6.58. The molecule has 1 aromatic rings. The van der Waals surface area contributed by atoms with Crippen LogP contribution < -0.4 is 10.1 Å². The molecule has 3 heteroatoms. The summed E-state index contributed by atoms with van der Waals surface area (Å²) in [6.07, 6.45) is 0. The van der Waals surface area contributed by atoms with Gasteiger partial charge in [0, 0.05) is 6.04 Å². The van der Waals surface area contributed by atoms with Gasteiger partial charge >= 0.3 is 0 Å². The van der Waals surface area contributed by atoms with Crippen LogP contribution in [0.25, 0.3) is 0 Å². The zero-order chi connectivity index (χ0) is 14.4. The van der Waals surface area contributed by atoms with E-state index in [1.54, 1.807) is 12.1 Å². The largest absolute Gasteiger partial charge is 0.494 e. The van der Waals surface area contributed by atoms with E-state index in [4.69, 9.17) is 4.74 Å². The van der Waals surface area contributed by atoms with Gasteiger partial charge in [-0.2, -0.15) is 0 Å². The topological polar surface area (TPSA) is 21.3 Å². The molecule has 1 saturated carbocycles. The average Bonchev–Trinajstić information content (AvgIpc) is 2.73. The lowest BCUT2D eigenvalue weighted by Crippen LogP contribution is -2.21. The Morgan fingerprint density at radius 1 is 1.21 bits per heavy atom. The van der Waals surface area contributed by atoms with Crippen LogP contribution in [0.2, 0.25) is 0 Å². The minimum Gasteiger partial charge on any atom is -0.494 e. The molecule has 1 atom stereocenters. The van der Waals surface area contributed by atoms with Gasteiger partial charge in [-0.15, -0.1) is 0 Å². The first-order valence-electron chi connectivity index (χ1n) is 6.78. The van der Waals surface area contributed by atoms with Gasteiger partial charge in [-0.1, -0.05) is 33.8 Å². The lowest BCUT2D eigenvalue weighted by Gasteiger charge is -2.19. The van der Waals surface area contributed by atoms with Crippen LogP contribution in [0, 0.1) is 22.6 Å². The minimum absolute atomic E-state index is 0.172. The number of methoxy groups -OCH3 is 1. The molecule has 0 aliphatic heterocycles. The molecule has 2 nitrogen and oxygen atoms in total. The van der Waals surface area contributed by atoms with Crippen molar-refractivity contribution in [3.8, 4) is 5.75 Å². The van der Waals surface area contributed by atoms with E-state index in [1.807, 2.05) is 13.1 Å². The molecule has 0 amide bonds. The molecule has 1 aromatic carbocycles. The Labute approximate surface area is 115 Å². The van der Waals surface area contributed by atoms with E-state index in [9.17, 15) is 4.39 Å². The zero-order valence-electron chi connectivity index (χ0n) is 12.7. The summed E-state index contributed by atoms with van der Waals surface area (Å²) in [5.74, 6) is 0.502.